The van der Waals surface area contributed by atoms with Crippen LogP contribution in [0.4, 0.5) is 5.82 Å². The highest BCUT2D eigenvalue weighted by molar-refractivity contribution is 6.30. The van der Waals surface area contributed by atoms with Crippen LogP contribution < -0.4 is 10.6 Å². The Morgan fingerprint density at radius 3 is 2.85 bits per heavy atom. The average Bonchev–Trinajstić information content (AvgIpc) is 3.26. The van der Waals surface area contributed by atoms with E-state index in [1.54, 1.807) is 0 Å². The van der Waals surface area contributed by atoms with Gasteiger partial charge in [-0.3, -0.25) is 4.79 Å². The van der Waals surface area contributed by atoms with Crippen LogP contribution in [0, 0.1) is 6.92 Å². The molecule has 1 aliphatic heterocycles. The molecule has 2 aliphatic rings. The number of rotatable bonds is 3. The second-order valence-electron chi connectivity index (χ2n) is 5.28. The molecule has 1 aromatic rings. The molecule has 1 unspecified atom stereocenters. The summed E-state index contributed by atoms with van der Waals surface area (Å²) in [6.45, 7) is 3.27. The van der Waals surface area contributed by atoms with Crippen molar-refractivity contribution in [2.24, 2.45) is 5.73 Å². The van der Waals surface area contributed by atoms with E-state index in [1.165, 1.54) is 0 Å². The first kappa shape index (κ1) is 13.6. The molecule has 1 aliphatic carbocycles. The summed E-state index contributed by atoms with van der Waals surface area (Å²) >= 11 is 6.21. The normalized spacial score (nSPS) is 22.9. The minimum Gasteiger partial charge on any atom is -0.377 e. The van der Waals surface area contributed by atoms with E-state index in [-0.39, 0.29) is 6.61 Å². The fourth-order valence-corrected chi connectivity index (χ4v) is 2.56. The lowest BCUT2D eigenvalue weighted by Gasteiger charge is -2.35. The summed E-state index contributed by atoms with van der Waals surface area (Å²) in [5.41, 5.74) is 6.24. The van der Waals surface area contributed by atoms with Crippen molar-refractivity contribution in [2.75, 3.05) is 24.7 Å². The molecule has 1 amide bonds. The highest BCUT2D eigenvalue weighted by Gasteiger charge is 2.33. The van der Waals surface area contributed by atoms with Crippen LogP contribution in [-0.2, 0) is 9.53 Å². The van der Waals surface area contributed by atoms with Crippen LogP contribution in [0.25, 0.3) is 0 Å². The fourth-order valence-electron chi connectivity index (χ4n) is 2.39. The molecule has 6 nitrogen and oxygen atoms in total. The number of hydrogen-bond donors (Lipinski definition) is 1. The number of carbonyl (C=O) groups is 1. The molecule has 1 atom stereocenters. The van der Waals surface area contributed by atoms with Gasteiger partial charge in [-0.2, -0.15) is 0 Å². The smallest absolute Gasteiger partial charge is 0.242 e. The van der Waals surface area contributed by atoms with Gasteiger partial charge in [0.15, 0.2) is 0 Å². The molecule has 20 heavy (non-hydrogen) atoms. The van der Waals surface area contributed by atoms with E-state index in [4.69, 9.17) is 22.1 Å². The van der Waals surface area contributed by atoms with Gasteiger partial charge in [0.2, 0.25) is 5.91 Å². The quantitative estimate of drug-likeness (QED) is 0.842. The number of ether oxygens (including phenoxy) is 1. The second-order valence-corrected chi connectivity index (χ2v) is 5.64. The topological polar surface area (TPSA) is 81.3 Å². The van der Waals surface area contributed by atoms with Gasteiger partial charge in [0.05, 0.1) is 13.2 Å². The molecule has 2 fully saturated rings. The Kier molecular flexibility index (Phi) is 3.52. The number of nitrogens with two attached hydrogens (primary N) is 1. The number of anilines is 1. The number of hydrogen-bond acceptors (Lipinski definition) is 5. The van der Waals surface area contributed by atoms with Crippen LogP contribution in [0.3, 0.4) is 0 Å². The number of primary amides is 1. The summed E-state index contributed by atoms with van der Waals surface area (Å²) in [4.78, 5) is 22.4. The van der Waals surface area contributed by atoms with Crippen LogP contribution in [0.15, 0.2) is 0 Å². The van der Waals surface area contributed by atoms with Gasteiger partial charge in [-0.15, -0.1) is 0 Å². The van der Waals surface area contributed by atoms with Crippen LogP contribution in [-0.4, -0.2) is 41.7 Å². The van der Waals surface area contributed by atoms with Crippen molar-refractivity contribution in [1.29, 1.82) is 0 Å². The second kappa shape index (κ2) is 5.18. The average molecular weight is 297 g/mol. The molecule has 0 aromatic carbocycles. The van der Waals surface area contributed by atoms with Gasteiger partial charge in [-0.1, -0.05) is 11.6 Å². The molecular formula is C13H17ClN4O2. The summed E-state index contributed by atoms with van der Waals surface area (Å²) in [6, 6.07) is -0.500. The first-order valence-corrected chi connectivity index (χ1v) is 7.13. The van der Waals surface area contributed by atoms with Gasteiger partial charge < -0.3 is 15.4 Å². The Labute approximate surface area is 122 Å². The van der Waals surface area contributed by atoms with E-state index in [0.29, 0.717) is 30.0 Å². The highest BCUT2D eigenvalue weighted by Crippen LogP contribution is 2.40. The predicted octanol–water partition coefficient (Wildman–Crippen LogP) is 1.01. The highest BCUT2D eigenvalue weighted by atomic mass is 35.5. The van der Waals surface area contributed by atoms with Crippen molar-refractivity contribution < 1.29 is 9.53 Å². The molecule has 2 N–H and O–H groups in total. The maximum Gasteiger partial charge on any atom is 0.242 e. The Morgan fingerprint density at radius 1 is 1.45 bits per heavy atom. The number of carbonyl (C=O) groups excluding carboxylic acids is 1. The molecule has 0 bridgehead atoms. The lowest BCUT2D eigenvalue weighted by Crippen LogP contribution is -2.53. The maximum atomic E-state index is 11.6. The minimum absolute atomic E-state index is 0.287. The molecule has 0 spiro atoms. The first-order valence-electron chi connectivity index (χ1n) is 6.75. The predicted molar refractivity (Wildman–Crippen MR) is 74.9 cm³/mol. The third-order valence-electron chi connectivity index (χ3n) is 3.75. The number of aromatic nitrogens is 2. The van der Waals surface area contributed by atoms with Crippen molar-refractivity contribution in [3.05, 3.63) is 16.5 Å². The minimum atomic E-state index is -0.500. The molecule has 3 rings (SSSR count). The standard InChI is InChI=1S/C13H17ClN4O2/c1-7-10(14)16-12(8-2-3-8)17-13(7)18-4-5-20-6-9(18)11(15)19/h8-9H,2-6H2,1H3,(H2,15,19). The summed E-state index contributed by atoms with van der Waals surface area (Å²) in [7, 11) is 0. The fraction of sp³-hybridized carbons (Fsp3) is 0.615. The molecule has 108 valence electrons. The number of morpholine rings is 1. The van der Waals surface area contributed by atoms with Crippen LogP contribution >= 0.6 is 11.6 Å². The van der Waals surface area contributed by atoms with Gasteiger partial charge in [-0.05, 0) is 19.8 Å². The summed E-state index contributed by atoms with van der Waals surface area (Å²) in [5.74, 6) is 1.47. The van der Waals surface area contributed by atoms with E-state index < -0.39 is 11.9 Å². The van der Waals surface area contributed by atoms with Crippen molar-refractivity contribution in [2.45, 2.75) is 31.7 Å². The number of nitrogens with zero attached hydrogens (tertiary/aromatic N) is 3. The zero-order chi connectivity index (χ0) is 14.3. The van der Waals surface area contributed by atoms with Crippen LogP contribution in [0.5, 0.6) is 0 Å². The Hall–Kier alpha value is -1.40. The maximum absolute atomic E-state index is 11.6. The van der Waals surface area contributed by atoms with Crippen molar-refractivity contribution >= 4 is 23.3 Å². The van der Waals surface area contributed by atoms with E-state index >= 15 is 0 Å². The molecule has 1 aromatic heterocycles. The third kappa shape index (κ3) is 2.45. The Balaban J connectivity index is 2.00. The molecular weight excluding hydrogens is 280 g/mol. The monoisotopic (exact) mass is 296 g/mol. The van der Waals surface area contributed by atoms with Crippen molar-refractivity contribution in [3.8, 4) is 0 Å². The third-order valence-corrected chi connectivity index (χ3v) is 4.12. The molecule has 0 radical (unpaired) electrons. The lowest BCUT2D eigenvalue weighted by atomic mass is 10.2. The first-order chi connectivity index (χ1) is 9.58. The zero-order valence-electron chi connectivity index (χ0n) is 11.3. The Bertz CT molecular complexity index is 547. The lowest BCUT2D eigenvalue weighted by molar-refractivity contribution is -0.121. The van der Waals surface area contributed by atoms with E-state index in [2.05, 4.69) is 9.97 Å². The summed E-state index contributed by atoms with van der Waals surface area (Å²) in [5, 5.41) is 0.451. The van der Waals surface area contributed by atoms with Gasteiger partial charge in [-0.25, -0.2) is 9.97 Å². The van der Waals surface area contributed by atoms with E-state index in [1.807, 2.05) is 11.8 Å². The van der Waals surface area contributed by atoms with E-state index in [0.717, 1.165) is 24.2 Å². The number of amides is 1. The summed E-state index contributed by atoms with van der Waals surface area (Å²) < 4.78 is 5.34. The molecule has 7 heteroatoms. The van der Waals surface area contributed by atoms with Gasteiger partial charge in [0.1, 0.15) is 22.8 Å². The van der Waals surface area contributed by atoms with Gasteiger partial charge >= 0.3 is 0 Å². The van der Waals surface area contributed by atoms with Gasteiger partial charge in [0.25, 0.3) is 0 Å². The Morgan fingerprint density at radius 2 is 2.20 bits per heavy atom. The largest absolute Gasteiger partial charge is 0.377 e. The molecule has 1 saturated heterocycles. The SMILES string of the molecule is Cc1c(Cl)nc(C2CC2)nc1N1CCOCC1C(N)=O. The van der Waals surface area contributed by atoms with Crippen LogP contribution in [0.2, 0.25) is 5.15 Å². The number of halogens is 1. The van der Waals surface area contributed by atoms with Gasteiger partial charge in [0, 0.05) is 18.0 Å². The van der Waals surface area contributed by atoms with Crippen molar-refractivity contribution in [1.82, 2.24) is 9.97 Å². The molecule has 2 heterocycles. The van der Waals surface area contributed by atoms with Crippen LogP contribution in [0.1, 0.15) is 30.1 Å². The van der Waals surface area contributed by atoms with Crippen molar-refractivity contribution in [3.63, 3.8) is 0 Å². The zero-order valence-corrected chi connectivity index (χ0v) is 12.1. The van der Waals surface area contributed by atoms with E-state index in [9.17, 15) is 4.79 Å². The molecule has 1 saturated carbocycles. The summed E-state index contributed by atoms with van der Waals surface area (Å²) in [6.07, 6.45) is 2.20.